The second-order valence-corrected chi connectivity index (χ2v) is 4.20. The molecule has 0 aliphatic carbocycles. The van der Waals surface area contributed by atoms with E-state index in [9.17, 15) is 4.79 Å². The molecule has 2 N–H and O–H groups in total. The van der Waals surface area contributed by atoms with E-state index in [1.54, 1.807) is 33.3 Å². The van der Waals surface area contributed by atoms with Gasteiger partial charge in [-0.2, -0.15) is 5.10 Å². The number of nitrogens with zero attached hydrogens (tertiary/aromatic N) is 4. The predicted molar refractivity (Wildman–Crippen MR) is 64.7 cm³/mol. The van der Waals surface area contributed by atoms with Gasteiger partial charge in [-0.3, -0.25) is 9.48 Å². The minimum absolute atomic E-state index is 0.242. The highest BCUT2D eigenvalue weighted by atomic mass is 16.5. The van der Waals surface area contributed by atoms with Gasteiger partial charge in [0.05, 0.1) is 12.2 Å². The zero-order chi connectivity index (χ0) is 13.3. The second kappa shape index (κ2) is 4.52. The van der Waals surface area contributed by atoms with Crippen molar-refractivity contribution in [3.05, 3.63) is 29.4 Å². The Morgan fingerprint density at radius 1 is 1.61 bits per heavy atom. The van der Waals surface area contributed by atoms with Crippen LogP contribution in [0.5, 0.6) is 0 Å². The summed E-state index contributed by atoms with van der Waals surface area (Å²) in [4.78, 5) is 13.6. The van der Waals surface area contributed by atoms with Crippen LogP contribution < -0.4 is 5.73 Å². The summed E-state index contributed by atoms with van der Waals surface area (Å²) in [6, 6.07) is 1.78. The Balaban J connectivity index is 2.11. The Kier molecular flexibility index (Phi) is 3.05. The quantitative estimate of drug-likeness (QED) is 0.858. The summed E-state index contributed by atoms with van der Waals surface area (Å²) in [5.74, 6) is 0.469. The van der Waals surface area contributed by atoms with E-state index in [0.717, 1.165) is 0 Å². The maximum absolute atomic E-state index is 12.1. The van der Waals surface area contributed by atoms with Gasteiger partial charge in [0.1, 0.15) is 11.5 Å². The monoisotopic (exact) mass is 249 g/mol. The van der Waals surface area contributed by atoms with Crippen molar-refractivity contribution >= 4 is 11.6 Å². The van der Waals surface area contributed by atoms with Gasteiger partial charge in [-0.25, -0.2) is 0 Å². The van der Waals surface area contributed by atoms with Gasteiger partial charge in [0.15, 0.2) is 5.69 Å². The number of aryl methyl sites for hydroxylation is 2. The van der Waals surface area contributed by atoms with Crippen LogP contribution >= 0.6 is 0 Å². The van der Waals surface area contributed by atoms with Crippen molar-refractivity contribution in [2.24, 2.45) is 7.05 Å². The highest BCUT2D eigenvalue weighted by Crippen LogP contribution is 2.12. The third kappa shape index (κ3) is 2.34. The second-order valence-electron chi connectivity index (χ2n) is 4.20. The molecule has 0 unspecified atom stereocenters. The van der Waals surface area contributed by atoms with Gasteiger partial charge >= 0.3 is 0 Å². The van der Waals surface area contributed by atoms with E-state index in [0.29, 0.717) is 23.7 Å². The molecule has 2 aromatic heterocycles. The molecule has 18 heavy (non-hydrogen) atoms. The lowest BCUT2D eigenvalue weighted by atomic mass is 10.3. The lowest BCUT2D eigenvalue weighted by molar-refractivity contribution is 0.0776. The molecule has 0 aliphatic heterocycles. The molecule has 96 valence electrons. The van der Waals surface area contributed by atoms with Crippen LogP contribution in [0.25, 0.3) is 0 Å². The van der Waals surface area contributed by atoms with Crippen molar-refractivity contribution in [3.63, 3.8) is 0 Å². The molecule has 2 heterocycles. The van der Waals surface area contributed by atoms with Gasteiger partial charge in [-0.1, -0.05) is 5.16 Å². The highest BCUT2D eigenvalue weighted by molar-refractivity contribution is 5.96. The van der Waals surface area contributed by atoms with Gasteiger partial charge in [-0.05, 0) is 6.92 Å². The smallest absolute Gasteiger partial charge is 0.276 e. The number of aromatic nitrogens is 3. The average Bonchev–Trinajstić information content (AvgIpc) is 2.84. The molecule has 0 radical (unpaired) electrons. The van der Waals surface area contributed by atoms with Gasteiger partial charge < -0.3 is 15.2 Å². The molecule has 1 amide bonds. The molecule has 2 aromatic rings. The molecule has 0 aromatic carbocycles. The van der Waals surface area contributed by atoms with Crippen LogP contribution in [-0.4, -0.2) is 32.8 Å². The Labute approximate surface area is 104 Å². The molecule has 0 fully saturated rings. The van der Waals surface area contributed by atoms with E-state index >= 15 is 0 Å². The summed E-state index contributed by atoms with van der Waals surface area (Å²) < 4.78 is 6.46. The number of amides is 1. The molecule has 0 bridgehead atoms. The Morgan fingerprint density at radius 3 is 2.83 bits per heavy atom. The molecule has 2 rings (SSSR count). The molecule has 7 nitrogen and oxygen atoms in total. The van der Waals surface area contributed by atoms with Gasteiger partial charge in [0, 0.05) is 26.4 Å². The number of hydrogen-bond donors (Lipinski definition) is 1. The third-order valence-electron chi connectivity index (χ3n) is 2.48. The minimum Gasteiger partial charge on any atom is -0.396 e. The zero-order valence-corrected chi connectivity index (χ0v) is 10.5. The van der Waals surface area contributed by atoms with Crippen LogP contribution in [0.4, 0.5) is 5.69 Å². The summed E-state index contributed by atoms with van der Waals surface area (Å²) >= 11 is 0. The van der Waals surface area contributed by atoms with Crippen molar-refractivity contribution in [1.82, 2.24) is 19.8 Å². The zero-order valence-electron chi connectivity index (χ0n) is 10.5. The first kappa shape index (κ1) is 12.2. The lowest BCUT2D eigenvalue weighted by Crippen LogP contribution is -2.27. The van der Waals surface area contributed by atoms with Crippen molar-refractivity contribution in [3.8, 4) is 0 Å². The van der Waals surface area contributed by atoms with Gasteiger partial charge in [0.25, 0.3) is 5.91 Å². The lowest BCUT2D eigenvalue weighted by Gasteiger charge is -2.14. The summed E-state index contributed by atoms with van der Waals surface area (Å²) in [5.41, 5.74) is 7.02. The molecule has 0 saturated heterocycles. The minimum atomic E-state index is -0.242. The van der Waals surface area contributed by atoms with E-state index < -0.39 is 0 Å². The van der Waals surface area contributed by atoms with Gasteiger partial charge in [-0.15, -0.1) is 0 Å². The number of carbonyl (C=O) groups excluding carboxylic acids is 1. The van der Waals surface area contributed by atoms with Crippen LogP contribution in [0, 0.1) is 6.92 Å². The first-order chi connectivity index (χ1) is 8.47. The Hall–Kier alpha value is -2.31. The number of anilines is 1. The first-order valence-electron chi connectivity index (χ1n) is 5.44. The standard InChI is InChI=1S/C11H15N5O2/c1-7-4-8(14-18-7)5-15(2)11(17)10-9(12)6-16(3)13-10/h4,6H,5,12H2,1-3H3. The first-order valence-corrected chi connectivity index (χ1v) is 5.44. The number of hydrogen-bond acceptors (Lipinski definition) is 5. The van der Waals surface area contributed by atoms with E-state index in [2.05, 4.69) is 10.3 Å². The molecular formula is C11H15N5O2. The Bertz CT molecular complexity index is 572. The summed E-state index contributed by atoms with van der Waals surface area (Å²) in [5, 5.41) is 7.87. The number of nitrogen functional groups attached to an aromatic ring is 1. The van der Waals surface area contributed by atoms with Crippen LogP contribution in [0.15, 0.2) is 16.8 Å². The molecule has 0 saturated carbocycles. The highest BCUT2D eigenvalue weighted by Gasteiger charge is 2.19. The molecule has 0 spiro atoms. The fourth-order valence-corrected chi connectivity index (χ4v) is 1.66. The predicted octanol–water partition coefficient (Wildman–Crippen LogP) is 0.571. The van der Waals surface area contributed by atoms with Crippen LogP contribution in [-0.2, 0) is 13.6 Å². The normalized spacial score (nSPS) is 10.6. The molecule has 0 aliphatic rings. The van der Waals surface area contributed by atoms with Crippen LogP contribution in [0.2, 0.25) is 0 Å². The van der Waals surface area contributed by atoms with E-state index in [-0.39, 0.29) is 11.6 Å². The fraction of sp³-hybridized carbons (Fsp3) is 0.364. The maximum Gasteiger partial charge on any atom is 0.276 e. The summed E-state index contributed by atoms with van der Waals surface area (Å²) in [7, 11) is 3.38. The van der Waals surface area contributed by atoms with Crippen molar-refractivity contribution in [1.29, 1.82) is 0 Å². The van der Waals surface area contributed by atoms with Crippen LogP contribution in [0.3, 0.4) is 0 Å². The van der Waals surface area contributed by atoms with E-state index in [4.69, 9.17) is 10.3 Å². The maximum atomic E-state index is 12.1. The van der Waals surface area contributed by atoms with Gasteiger partial charge in [0.2, 0.25) is 0 Å². The number of nitrogens with two attached hydrogens (primary N) is 1. The number of carbonyl (C=O) groups is 1. The SMILES string of the molecule is Cc1cc(CN(C)C(=O)c2nn(C)cc2N)no1. The fourth-order valence-electron chi connectivity index (χ4n) is 1.66. The number of rotatable bonds is 3. The largest absolute Gasteiger partial charge is 0.396 e. The Morgan fingerprint density at radius 2 is 2.33 bits per heavy atom. The molecule has 7 heteroatoms. The van der Waals surface area contributed by atoms with Crippen molar-refractivity contribution in [2.45, 2.75) is 13.5 Å². The summed E-state index contributed by atoms with van der Waals surface area (Å²) in [6.45, 7) is 2.15. The summed E-state index contributed by atoms with van der Waals surface area (Å²) in [6.07, 6.45) is 1.60. The topological polar surface area (TPSA) is 90.2 Å². The van der Waals surface area contributed by atoms with Crippen LogP contribution in [0.1, 0.15) is 21.9 Å². The molecular weight excluding hydrogens is 234 g/mol. The van der Waals surface area contributed by atoms with Crippen molar-refractivity contribution < 1.29 is 9.32 Å². The average molecular weight is 249 g/mol. The van der Waals surface area contributed by atoms with E-state index in [1.165, 1.54) is 9.58 Å². The van der Waals surface area contributed by atoms with E-state index in [1.807, 2.05) is 0 Å². The molecule has 0 atom stereocenters. The third-order valence-corrected chi connectivity index (χ3v) is 2.48. The van der Waals surface area contributed by atoms with Crippen molar-refractivity contribution in [2.75, 3.05) is 12.8 Å².